The fourth-order valence-corrected chi connectivity index (χ4v) is 6.81. The topological polar surface area (TPSA) is 118 Å². The van der Waals surface area contributed by atoms with Crippen molar-refractivity contribution in [2.75, 3.05) is 12.0 Å². The zero-order valence-corrected chi connectivity index (χ0v) is 24.4. The molecule has 1 spiro atoms. The number of H-pyrrole nitrogens is 1. The zero-order chi connectivity index (χ0) is 29.4. The molecule has 1 aliphatic carbocycles. The van der Waals surface area contributed by atoms with Gasteiger partial charge in [-0.15, -0.1) is 11.6 Å². The van der Waals surface area contributed by atoms with Crippen LogP contribution < -0.4 is 20.7 Å². The van der Waals surface area contributed by atoms with Gasteiger partial charge in [0.2, 0.25) is 5.91 Å². The summed E-state index contributed by atoms with van der Waals surface area (Å²) < 4.78 is 5.63. The van der Waals surface area contributed by atoms with E-state index in [-0.39, 0.29) is 17.7 Å². The molecule has 3 atom stereocenters. The summed E-state index contributed by atoms with van der Waals surface area (Å²) in [6.45, 7) is 5.89. The molecule has 2 unspecified atom stereocenters. The average molecular weight is 591 g/mol. The number of anilines is 1. The summed E-state index contributed by atoms with van der Waals surface area (Å²) >= 11 is 13.4. The number of nitrogens with zero attached hydrogens (tertiary/aromatic N) is 1. The van der Waals surface area contributed by atoms with E-state index in [1.807, 2.05) is 32.9 Å². The lowest BCUT2D eigenvalue weighted by atomic mass is 9.76. The van der Waals surface area contributed by atoms with Crippen LogP contribution in [0, 0.1) is 6.92 Å². The number of aryl methyl sites for hydroxylation is 1. The molecule has 3 amide bonds. The third-order valence-electron chi connectivity index (χ3n) is 8.18. The van der Waals surface area contributed by atoms with Gasteiger partial charge in [-0.25, -0.2) is 0 Å². The molecule has 3 heterocycles. The molecule has 6 rings (SSSR count). The zero-order valence-electron chi connectivity index (χ0n) is 22.8. The number of aromatic amines is 1. The molecule has 0 saturated carbocycles. The van der Waals surface area contributed by atoms with Crippen LogP contribution in [0.1, 0.15) is 68.8 Å². The number of fused-ring (bicyclic) bond motifs is 4. The number of ether oxygens (including phenoxy) is 1. The SMILES string of the molecule is COc1ccc(C(N)=O)cc1C1C=C2C(=CC1Cl)NC(=O)[C@@]21c2c(c[nH]c2C(C)C)C(=O)N1c1cc(Cl)ccc1C. The molecule has 41 heavy (non-hydrogen) atoms. The van der Waals surface area contributed by atoms with Crippen molar-refractivity contribution >= 4 is 46.6 Å². The third kappa shape index (κ3) is 3.77. The van der Waals surface area contributed by atoms with Crippen LogP contribution in [0.15, 0.2) is 66.0 Å². The van der Waals surface area contributed by atoms with Gasteiger partial charge in [0.15, 0.2) is 5.54 Å². The number of halogens is 2. The van der Waals surface area contributed by atoms with Gasteiger partial charge in [-0.2, -0.15) is 0 Å². The maximum Gasteiger partial charge on any atom is 0.261 e. The van der Waals surface area contributed by atoms with Crippen LogP contribution in [0.4, 0.5) is 5.69 Å². The Kier molecular flexibility index (Phi) is 6.32. The number of nitrogens with two attached hydrogens (primary N) is 1. The number of allylic oxidation sites excluding steroid dienone is 2. The van der Waals surface area contributed by atoms with E-state index in [4.69, 9.17) is 33.7 Å². The van der Waals surface area contributed by atoms with Gasteiger partial charge in [-0.1, -0.05) is 37.6 Å². The predicted molar refractivity (Wildman–Crippen MR) is 158 cm³/mol. The van der Waals surface area contributed by atoms with Crippen molar-refractivity contribution in [2.24, 2.45) is 5.73 Å². The molecule has 1 aromatic heterocycles. The fraction of sp³-hybridized carbons (Fsp3) is 0.258. The smallest absolute Gasteiger partial charge is 0.261 e. The van der Waals surface area contributed by atoms with E-state index in [0.717, 1.165) is 11.3 Å². The summed E-state index contributed by atoms with van der Waals surface area (Å²) in [5, 5.41) is 2.86. The van der Waals surface area contributed by atoms with Crippen molar-refractivity contribution in [3.05, 3.63) is 105 Å². The van der Waals surface area contributed by atoms with Crippen LogP contribution in [0.25, 0.3) is 0 Å². The van der Waals surface area contributed by atoms with E-state index in [1.165, 1.54) is 7.11 Å². The minimum absolute atomic E-state index is 0.0160. The number of alkyl halides is 1. The quantitative estimate of drug-likeness (QED) is 0.344. The Morgan fingerprint density at radius 3 is 2.59 bits per heavy atom. The van der Waals surface area contributed by atoms with Gasteiger partial charge in [0.05, 0.1) is 23.7 Å². The van der Waals surface area contributed by atoms with Gasteiger partial charge in [0.25, 0.3) is 11.8 Å². The first-order valence-electron chi connectivity index (χ1n) is 13.2. The van der Waals surface area contributed by atoms with E-state index < -0.39 is 22.7 Å². The van der Waals surface area contributed by atoms with E-state index in [9.17, 15) is 14.4 Å². The van der Waals surface area contributed by atoms with Gasteiger partial charge < -0.3 is 20.8 Å². The second kappa shape index (κ2) is 9.53. The number of primary amides is 1. The third-order valence-corrected chi connectivity index (χ3v) is 8.81. The molecule has 1 saturated heterocycles. The Hall–Kier alpha value is -4.01. The van der Waals surface area contributed by atoms with Crippen molar-refractivity contribution in [2.45, 2.75) is 43.5 Å². The number of nitrogens with one attached hydrogen (secondary N) is 2. The molecule has 4 N–H and O–H groups in total. The van der Waals surface area contributed by atoms with Crippen LogP contribution >= 0.6 is 23.2 Å². The van der Waals surface area contributed by atoms with E-state index in [2.05, 4.69) is 10.3 Å². The first-order valence-corrected chi connectivity index (χ1v) is 14.0. The van der Waals surface area contributed by atoms with Gasteiger partial charge in [-0.3, -0.25) is 19.3 Å². The van der Waals surface area contributed by atoms with Crippen LogP contribution in [0.3, 0.4) is 0 Å². The second-order valence-corrected chi connectivity index (χ2v) is 11.8. The molecule has 3 aromatic rings. The van der Waals surface area contributed by atoms with Crippen molar-refractivity contribution in [3.8, 4) is 5.75 Å². The molecule has 210 valence electrons. The van der Waals surface area contributed by atoms with Crippen LogP contribution in [-0.4, -0.2) is 35.2 Å². The minimum atomic E-state index is -1.53. The molecule has 2 aliphatic heterocycles. The summed E-state index contributed by atoms with van der Waals surface area (Å²) in [7, 11) is 1.53. The standard InChI is InChI=1S/C31H28Cl2N4O4/c1-14(2)27-26-20(13-35-27)29(39)37(24-10-17(32)7-5-15(24)3)31(26)21-11-18(22(33)12-23(21)36-30(31)40)19-9-16(28(34)38)6-8-25(19)41-4/h5-14,18,22,35H,1-4H3,(H2,34,38)(H,36,40)/t18?,22?,31-/m0/s1. The Labute approximate surface area is 247 Å². The van der Waals surface area contributed by atoms with Gasteiger partial charge in [-0.05, 0) is 54.8 Å². The molecular formula is C31H28Cl2N4O4. The van der Waals surface area contributed by atoms with Crippen molar-refractivity contribution in [1.82, 2.24) is 10.3 Å². The van der Waals surface area contributed by atoms with E-state index in [0.29, 0.717) is 50.0 Å². The summed E-state index contributed by atoms with van der Waals surface area (Å²) in [6.07, 6.45) is 5.35. The normalized spacial score (nSPS) is 23.0. The highest BCUT2D eigenvalue weighted by atomic mass is 35.5. The number of aromatic nitrogens is 1. The van der Waals surface area contributed by atoms with Crippen molar-refractivity contribution in [3.63, 3.8) is 0 Å². The number of hydrogen-bond acceptors (Lipinski definition) is 4. The second-order valence-electron chi connectivity index (χ2n) is 10.8. The number of rotatable bonds is 5. The van der Waals surface area contributed by atoms with E-state index in [1.54, 1.807) is 47.5 Å². The largest absolute Gasteiger partial charge is 0.496 e. The van der Waals surface area contributed by atoms with E-state index >= 15 is 0 Å². The molecule has 3 aliphatic rings. The highest BCUT2D eigenvalue weighted by Crippen LogP contribution is 2.56. The summed E-state index contributed by atoms with van der Waals surface area (Å²) in [4.78, 5) is 45.5. The lowest BCUT2D eigenvalue weighted by Gasteiger charge is -2.38. The molecule has 8 nitrogen and oxygen atoms in total. The minimum Gasteiger partial charge on any atom is -0.496 e. The van der Waals surface area contributed by atoms with Gasteiger partial charge in [0, 0.05) is 50.8 Å². The first-order chi connectivity index (χ1) is 19.5. The highest BCUT2D eigenvalue weighted by molar-refractivity contribution is 6.31. The van der Waals surface area contributed by atoms with Crippen LogP contribution in [-0.2, 0) is 10.3 Å². The monoisotopic (exact) mass is 590 g/mol. The average Bonchev–Trinajstić information content (AvgIpc) is 3.56. The molecule has 10 heteroatoms. The molecule has 0 radical (unpaired) electrons. The Bertz CT molecular complexity index is 1720. The first kappa shape index (κ1) is 27.2. The highest BCUT2D eigenvalue weighted by Gasteiger charge is 2.64. The molecule has 1 fully saturated rings. The Balaban J connectivity index is 1.66. The predicted octanol–water partition coefficient (Wildman–Crippen LogP) is 5.41. The van der Waals surface area contributed by atoms with Gasteiger partial charge in [0.1, 0.15) is 5.75 Å². The lowest BCUT2D eigenvalue weighted by molar-refractivity contribution is -0.122. The molecule has 0 bridgehead atoms. The summed E-state index contributed by atoms with van der Waals surface area (Å²) in [5.41, 5.74) is 9.23. The number of amides is 3. The van der Waals surface area contributed by atoms with Crippen molar-refractivity contribution in [1.29, 1.82) is 0 Å². The Morgan fingerprint density at radius 1 is 1.15 bits per heavy atom. The number of hydrogen-bond donors (Lipinski definition) is 3. The molecular weight excluding hydrogens is 563 g/mol. The lowest BCUT2D eigenvalue weighted by Crippen LogP contribution is -2.51. The van der Waals surface area contributed by atoms with Crippen LogP contribution in [0.2, 0.25) is 5.02 Å². The number of methoxy groups -OCH3 is 1. The number of benzene rings is 2. The molecule has 2 aromatic carbocycles. The summed E-state index contributed by atoms with van der Waals surface area (Å²) in [6, 6.07) is 10.2. The van der Waals surface area contributed by atoms with Gasteiger partial charge >= 0.3 is 0 Å². The summed E-state index contributed by atoms with van der Waals surface area (Å²) in [5.74, 6) is -1.29. The maximum absolute atomic E-state index is 14.4. The fourth-order valence-electron chi connectivity index (χ4n) is 6.30. The number of carbonyl (C=O) groups excluding carboxylic acids is 3. The van der Waals surface area contributed by atoms with Crippen molar-refractivity contribution < 1.29 is 19.1 Å². The maximum atomic E-state index is 14.4. The number of carbonyl (C=O) groups is 3. The Morgan fingerprint density at radius 2 is 1.90 bits per heavy atom. The van der Waals surface area contributed by atoms with Crippen LogP contribution in [0.5, 0.6) is 5.75 Å².